The summed E-state index contributed by atoms with van der Waals surface area (Å²) in [5.74, 6) is -3.24. The van der Waals surface area contributed by atoms with Crippen molar-refractivity contribution in [1.29, 1.82) is 0 Å². The maximum absolute atomic E-state index is 13.5. The van der Waals surface area contributed by atoms with E-state index in [0.717, 1.165) is 4.57 Å². The number of carbonyl (C=O) groups is 3. The first-order valence-electron chi connectivity index (χ1n) is 11.0. The van der Waals surface area contributed by atoms with Crippen LogP contribution in [0.25, 0.3) is 0 Å². The van der Waals surface area contributed by atoms with Gasteiger partial charge in [0, 0.05) is 16.3 Å². The van der Waals surface area contributed by atoms with Crippen LogP contribution in [0, 0.1) is 5.92 Å². The first kappa shape index (κ1) is 24.9. The minimum absolute atomic E-state index is 0.000281. The predicted molar refractivity (Wildman–Crippen MR) is 131 cm³/mol. The lowest BCUT2D eigenvalue weighted by Crippen LogP contribution is -2.46. The van der Waals surface area contributed by atoms with Gasteiger partial charge >= 0.3 is 17.3 Å². The molecule has 1 aliphatic rings. The number of carbonyl (C=O) groups excluding carboxylic acids is 2. The smallest absolute Gasteiger partial charge is 0.355 e. The Balaban J connectivity index is 1.81. The van der Waals surface area contributed by atoms with Gasteiger partial charge in [-0.2, -0.15) is 4.98 Å². The van der Waals surface area contributed by atoms with Crippen LogP contribution >= 0.6 is 11.6 Å². The van der Waals surface area contributed by atoms with E-state index in [4.69, 9.17) is 11.6 Å². The number of carboxylic acids is 1. The van der Waals surface area contributed by atoms with Crippen LogP contribution in [0.1, 0.15) is 41.4 Å². The zero-order chi connectivity index (χ0) is 26.1. The van der Waals surface area contributed by atoms with Crippen molar-refractivity contribution in [2.75, 3.05) is 5.32 Å². The number of benzene rings is 2. The molecule has 0 saturated carbocycles. The molecule has 1 aliphatic heterocycles. The number of hydrogen-bond acceptors (Lipinski definition) is 7. The molecule has 0 radical (unpaired) electrons. The lowest BCUT2D eigenvalue weighted by Gasteiger charge is -2.21. The van der Waals surface area contributed by atoms with Gasteiger partial charge < -0.3 is 10.4 Å². The molecular weight excluding hydrogens is 490 g/mol. The van der Waals surface area contributed by atoms with Crippen LogP contribution in [0.3, 0.4) is 0 Å². The Morgan fingerprint density at radius 1 is 1.14 bits per heavy atom. The minimum Gasteiger partial charge on any atom is -0.481 e. The third kappa shape index (κ3) is 4.91. The van der Waals surface area contributed by atoms with Gasteiger partial charge in [-0.05, 0) is 49.2 Å². The molecule has 1 aromatic heterocycles. The highest BCUT2D eigenvalue weighted by Crippen LogP contribution is 2.22. The van der Waals surface area contributed by atoms with E-state index < -0.39 is 41.1 Å². The number of aliphatic carboxylic acids is 1. The number of imide groups is 1. The third-order valence-electron chi connectivity index (χ3n) is 6.09. The Bertz CT molecular complexity index is 1490. The highest BCUT2D eigenvalue weighted by molar-refractivity contribution is 6.30. The summed E-state index contributed by atoms with van der Waals surface area (Å²) >= 11 is 5.97. The molecule has 2 amide bonds. The summed E-state index contributed by atoms with van der Waals surface area (Å²) in [5, 5.41) is 15.1. The molecule has 186 valence electrons. The highest BCUT2D eigenvalue weighted by Gasteiger charge is 2.27. The molecule has 0 unspecified atom stereocenters. The average molecular weight is 512 g/mol. The molecule has 0 saturated heterocycles. The second-order valence-electron chi connectivity index (χ2n) is 8.50. The number of rotatable bonds is 7. The summed E-state index contributed by atoms with van der Waals surface area (Å²) in [5.41, 5.74) is 0.195. The van der Waals surface area contributed by atoms with Crippen molar-refractivity contribution < 1.29 is 19.5 Å². The Kier molecular flexibility index (Phi) is 6.75. The van der Waals surface area contributed by atoms with E-state index in [-0.39, 0.29) is 24.5 Å². The third-order valence-corrected chi connectivity index (χ3v) is 6.34. The summed E-state index contributed by atoms with van der Waals surface area (Å²) < 4.78 is 2.02. The molecule has 0 bridgehead atoms. The van der Waals surface area contributed by atoms with Gasteiger partial charge in [-0.3, -0.25) is 24.3 Å². The van der Waals surface area contributed by atoms with Crippen molar-refractivity contribution in [1.82, 2.24) is 19.4 Å². The second kappa shape index (κ2) is 9.78. The van der Waals surface area contributed by atoms with Gasteiger partial charge in [-0.15, -0.1) is 0 Å². The van der Waals surface area contributed by atoms with Gasteiger partial charge in [0.1, 0.15) is 0 Å². The number of nitrogens with one attached hydrogen (secondary N) is 2. The van der Waals surface area contributed by atoms with E-state index in [0.29, 0.717) is 21.8 Å². The molecule has 0 spiro atoms. The number of carboxylic acid groups (broad SMARTS) is 1. The first-order chi connectivity index (χ1) is 17.0. The number of nitrogens with zero attached hydrogens (tertiary/aromatic N) is 3. The van der Waals surface area contributed by atoms with E-state index in [1.165, 1.54) is 24.5 Å². The zero-order valence-electron chi connectivity index (χ0n) is 19.3. The number of amides is 2. The molecule has 12 heteroatoms. The largest absolute Gasteiger partial charge is 0.481 e. The summed E-state index contributed by atoms with van der Waals surface area (Å²) in [6.45, 7) is 2.86. The number of halogens is 1. The predicted octanol–water partition coefficient (Wildman–Crippen LogP) is 1.94. The van der Waals surface area contributed by atoms with Crippen LogP contribution in [0.5, 0.6) is 0 Å². The molecule has 2 heterocycles. The van der Waals surface area contributed by atoms with Crippen LogP contribution in [0.4, 0.5) is 11.6 Å². The van der Waals surface area contributed by atoms with Crippen molar-refractivity contribution in [2.45, 2.75) is 32.9 Å². The van der Waals surface area contributed by atoms with Crippen LogP contribution in [0.2, 0.25) is 5.02 Å². The number of fused-ring (bicyclic) bond motifs is 1. The van der Waals surface area contributed by atoms with Crippen molar-refractivity contribution in [3.63, 3.8) is 0 Å². The van der Waals surface area contributed by atoms with E-state index in [9.17, 15) is 29.1 Å². The van der Waals surface area contributed by atoms with Crippen molar-refractivity contribution >= 4 is 41.0 Å². The van der Waals surface area contributed by atoms with Crippen LogP contribution in [-0.4, -0.2) is 37.0 Å². The lowest BCUT2D eigenvalue weighted by molar-refractivity contribution is -0.142. The molecule has 2 atom stereocenters. The summed E-state index contributed by atoms with van der Waals surface area (Å²) in [6.07, 6.45) is 0.0522. The van der Waals surface area contributed by atoms with E-state index in [1.807, 2.05) is 0 Å². The maximum atomic E-state index is 13.5. The van der Waals surface area contributed by atoms with E-state index >= 15 is 0 Å². The molecule has 0 fully saturated rings. The number of aromatic nitrogens is 3. The molecule has 3 aromatic rings. The zero-order valence-corrected chi connectivity index (χ0v) is 20.1. The fourth-order valence-electron chi connectivity index (χ4n) is 3.86. The molecule has 11 nitrogen and oxygen atoms in total. The van der Waals surface area contributed by atoms with Crippen LogP contribution in [-0.2, 0) is 22.6 Å². The van der Waals surface area contributed by atoms with Gasteiger partial charge in [0.15, 0.2) is 0 Å². The van der Waals surface area contributed by atoms with Gasteiger partial charge in [0.05, 0.1) is 24.9 Å². The van der Waals surface area contributed by atoms with Crippen LogP contribution < -0.4 is 22.0 Å². The summed E-state index contributed by atoms with van der Waals surface area (Å²) in [4.78, 5) is 65.8. The molecule has 36 heavy (non-hydrogen) atoms. The average Bonchev–Trinajstić information content (AvgIpc) is 2.82. The van der Waals surface area contributed by atoms with Gasteiger partial charge in [0.2, 0.25) is 11.9 Å². The monoisotopic (exact) mass is 511 g/mol. The number of anilines is 2. The summed E-state index contributed by atoms with van der Waals surface area (Å²) in [6, 6.07) is 10.4. The Labute approximate surface area is 209 Å². The normalized spacial score (nSPS) is 14.5. The van der Waals surface area contributed by atoms with Crippen molar-refractivity contribution in [3.8, 4) is 0 Å². The lowest BCUT2D eigenvalue weighted by atomic mass is 9.99. The van der Waals surface area contributed by atoms with E-state index in [2.05, 4.69) is 15.6 Å². The minimum atomic E-state index is -1.16. The second-order valence-corrected chi connectivity index (χ2v) is 8.94. The van der Waals surface area contributed by atoms with E-state index in [1.54, 1.807) is 36.4 Å². The summed E-state index contributed by atoms with van der Waals surface area (Å²) in [7, 11) is 0. The SMILES string of the molecule is C[C@@H](C(=O)O)[C@H](C)n1c(=O)nc(Nc2ccc3c(c2)C(=O)NC(=O)C3)n(Cc2ccc(Cl)cc2)c1=O. The van der Waals surface area contributed by atoms with Gasteiger partial charge in [-0.1, -0.05) is 29.8 Å². The van der Waals surface area contributed by atoms with Gasteiger partial charge in [0.25, 0.3) is 5.91 Å². The molecule has 2 aromatic carbocycles. The Morgan fingerprint density at radius 2 is 1.83 bits per heavy atom. The van der Waals surface area contributed by atoms with Crippen molar-refractivity contribution in [2.24, 2.45) is 5.92 Å². The standard InChI is InChI=1S/C24H22ClN5O6/c1-12(21(33)34)13(2)30-23(35)28-22(29(24(30)36)11-14-3-6-16(25)7-4-14)26-17-8-5-15-9-19(31)27-20(32)18(15)10-17/h3-8,10,12-13H,9,11H2,1-2H3,(H,33,34)(H,26,28,35)(H,27,31,32)/t12-,13+/m1/s1. The fraction of sp³-hybridized carbons (Fsp3) is 0.250. The molecular formula is C24H22ClN5O6. The van der Waals surface area contributed by atoms with Crippen LogP contribution in [0.15, 0.2) is 52.1 Å². The first-order valence-corrected chi connectivity index (χ1v) is 11.4. The quantitative estimate of drug-likeness (QED) is 0.407. The van der Waals surface area contributed by atoms with Crippen molar-refractivity contribution in [3.05, 3.63) is 85.1 Å². The Hall–Kier alpha value is -4.25. The van der Waals surface area contributed by atoms with Gasteiger partial charge in [-0.25, -0.2) is 14.2 Å². The molecule has 0 aliphatic carbocycles. The maximum Gasteiger partial charge on any atom is 0.355 e. The highest BCUT2D eigenvalue weighted by atomic mass is 35.5. The topological polar surface area (TPSA) is 152 Å². The fourth-order valence-corrected chi connectivity index (χ4v) is 3.98. The number of hydrogen-bond donors (Lipinski definition) is 3. The molecule has 3 N–H and O–H groups in total. The molecule has 4 rings (SSSR count). The Morgan fingerprint density at radius 3 is 2.50 bits per heavy atom.